The number of ether oxygens (including phenoxy) is 1. The SMILES string of the molecule is Clc1ccc(OCCCSc2ccccc2)cc1. The zero-order chi connectivity index (χ0) is 12.6. The van der Waals surface area contributed by atoms with Crippen molar-refractivity contribution in [1.29, 1.82) is 0 Å². The van der Waals surface area contributed by atoms with Crippen LogP contribution in [0, 0.1) is 0 Å². The first-order valence-corrected chi connectivity index (χ1v) is 7.27. The zero-order valence-corrected chi connectivity index (χ0v) is 11.6. The Kier molecular flexibility index (Phi) is 5.43. The predicted molar refractivity (Wildman–Crippen MR) is 78.7 cm³/mol. The summed E-state index contributed by atoms with van der Waals surface area (Å²) in [6.07, 6.45) is 1.03. The summed E-state index contributed by atoms with van der Waals surface area (Å²) in [5.41, 5.74) is 0. The molecule has 0 amide bonds. The molecule has 94 valence electrons. The third-order valence-electron chi connectivity index (χ3n) is 2.38. The molecule has 0 N–H and O–H groups in total. The van der Waals surface area contributed by atoms with Crippen molar-refractivity contribution in [3.8, 4) is 5.75 Å². The molecule has 2 aromatic carbocycles. The first-order valence-electron chi connectivity index (χ1n) is 5.91. The predicted octanol–water partition coefficient (Wildman–Crippen LogP) is 4.90. The van der Waals surface area contributed by atoms with Crippen molar-refractivity contribution in [1.82, 2.24) is 0 Å². The van der Waals surface area contributed by atoms with Crippen molar-refractivity contribution in [3.05, 3.63) is 59.6 Å². The van der Waals surface area contributed by atoms with Crippen LogP contribution in [0.5, 0.6) is 5.75 Å². The highest BCUT2D eigenvalue weighted by Crippen LogP contribution is 2.19. The molecular formula is C15H15ClOS. The molecule has 2 rings (SSSR count). The fraction of sp³-hybridized carbons (Fsp3) is 0.200. The van der Waals surface area contributed by atoms with Crippen LogP contribution in [0.2, 0.25) is 5.02 Å². The maximum absolute atomic E-state index is 5.80. The van der Waals surface area contributed by atoms with Crippen LogP contribution in [0.15, 0.2) is 59.5 Å². The van der Waals surface area contributed by atoms with E-state index in [-0.39, 0.29) is 0 Å². The summed E-state index contributed by atoms with van der Waals surface area (Å²) in [5, 5.41) is 0.738. The Hall–Kier alpha value is -1.12. The van der Waals surface area contributed by atoms with Crippen molar-refractivity contribution >= 4 is 23.4 Å². The average Bonchev–Trinajstić information content (AvgIpc) is 2.42. The van der Waals surface area contributed by atoms with E-state index in [0.29, 0.717) is 0 Å². The normalized spacial score (nSPS) is 10.3. The van der Waals surface area contributed by atoms with Crippen LogP contribution in [-0.4, -0.2) is 12.4 Å². The molecule has 0 saturated heterocycles. The average molecular weight is 279 g/mol. The largest absolute Gasteiger partial charge is 0.494 e. The fourth-order valence-electron chi connectivity index (χ4n) is 1.49. The second-order valence-electron chi connectivity index (χ2n) is 3.82. The lowest BCUT2D eigenvalue weighted by Gasteiger charge is -2.06. The standard InChI is InChI=1S/C15H15ClOS/c16-13-7-9-14(10-8-13)17-11-4-12-18-15-5-2-1-3-6-15/h1-3,5-10H,4,11-12H2. The number of benzene rings is 2. The summed E-state index contributed by atoms with van der Waals surface area (Å²) in [7, 11) is 0. The summed E-state index contributed by atoms with van der Waals surface area (Å²) in [6.45, 7) is 0.738. The van der Waals surface area contributed by atoms with Crippen LogP contribution in [0.3, 0.4) is 0 Å². The highest BCUT2D eigenvalue weighted by atomic mass is 35.5. The molecule has 0 spiro atoms. The molecule has 0 aliphatic carbocycles. The summed E-state index contributed by atoms with van der Waals surface area (Å²) >= 11 is 7.66. The molecule has 0 unspecified atom stereocenters. The molecule has 3 heteroatoms. The molecule has 0 radical (unpaired) electrons. The van der Waals surface area contributed by atoms with Crippen LogP contribution in [0.1, 0.15) is 6.42 Å². The van der Waals surface area contributed by atoms with E-state index in [9.17, 15) is 0 Å². The summed E-state index contributed by atoms with van der Waals surface area (Å²) in [6, 6.07) is 17.9. The van der Waals surface area contributed by atoms with Gasteiger partial charge in [-0.2, -0.15) is 0 Å². The minimum Gasteiger partial charge on any atom is -0.494 e. The monoisotopic (exact) mass is 278 g/mol. The summed E-state index contributed by atoms with van der Waals surface area (Å²) < 4.78 is 5.63. The Labute approximate surface area is 117 Å². The third kappa shape index (κ3) is 4.63. The molecule has 0 aromatic heterocycles. The van der Waals surface area contributed by atoms with Crippen molar-refractivity contribution in [2.45, 2.75) is 11.3 Å². The van der Waals surface area contributed by atoms with E-state index in [1.807, 2.05) is 42.1 Å². The van der Waals surface area contributed by atoms with E-state index < -0.39 is 0 Å². The molecule has 1 nitrogen and oxygen atoms in total. The van der Waals surface area contributed by atoms with Gasteiger partial charge in [0.05, 0.1) is 6.61 Å². The molecule has 18 heavy (non-hydrogen) atoms. The van der Waals surface area contributed by atoms with Gasteiger partial charge < -0.3 is 4.74 Å². The van der Waals surface area contributed by atoms with Gasteiger partial charge in [-0.15, -0.1) is 11.8 Å². The first kappa shape index (κ1) is 13.3. The molecule has 0 fully saturated rings. The van der Waals surface area contributed by atoms with E-state index in [0.717, 1.165) is 29.6 Å². The third-order valence-corrected chi connectivity index (χ3v) is 3.73. The number of thioether (sulfide) groups is 1. The van der Waals surface area contributed by atoms with Crippen LogP contribution in [0.4, 0.5) is 0 Å². The van der Waals surface area contributed by atoms with Gasteiger partial charge in [0.25, 0.3) is 0 Å². The number of halogens is 1. The van der Waals surface area contributed by atoms with Crippen molar-refractivity contribution in [2.24, 2.45) is 0 Å². The van der Waals surface area contributed by atoms with E-state index in [4.69, 9.17) is 16.3 Å². The van der Waals surface area contributed by atoms with Gasteiger partial charge in [-0.05, 0) is 42.8 Å². The van der Waals surface area contributed by atoms with E-state index >= 15 is 0 Å². The van der Waals surface area contributed by atoms with Gasteiger partial charge in [0.1, 0.15) is 5.75 Å². The quantitative estimate of drug-likeness (QED) is 0.549. The van der Waals surface area contributed by atoms with Gasteiger partial charge >= 0.3 is 0 Å². The number of hydrogen-bond acceptors (Lipinski definition) is 2. The van der Waals surface area contributed by atoms with E-state index in [1.165, 1.54) is 4.90 Å². The Morgan fingerprint density at radius 3 is 2.39 bits per heavy atom. The summed E-state index contributed by atoms with van der Waals surface area (Å²) in [4.78, 5) is 1.31. The minimum absolute atomic E-state index is 0.738. The molecule has 0 aliphatic rings. The molecule has 0 heterocycles. The number of hydrogen-bond donors (Lipinski definition) is 0. The Morgan fingerprint density at radius 2 is 1.67 bits per heavy atom. The molecular weight excluding hydrogens is 264 g/mol. The van der Waals surface area contributed by atoms with Crippen molar-refractivity contribution in [3.63, 3.8) is 0 Å². The Balaban J connectivity index is 1.63. The molecule has 2 aromatic rings. The minimum atomic E-state index is 0.738. The fourth-order valence-corrected chi connectivity index (χ4v) is 2.46. The van der Waals surface area contributed by atoms with Gasteiger partial charge in [-0.3, -0.25) is 0 Å². The lowest BCUT2D eigenvalue weighted by molar-refractivity contribution is 0.319. The highest BCUT2D eigenvalue weighted by molar-refractivity contribution is 7.99. The highest BCUT2D eigenvalue weighted by Gasteiger charge is 1.95. The lowest BCUT2D eigenvalue weighted by Crippen LogP contribution is -1.98. The van der Waals surface area contributed by atoms with Crippen LogP contribution >= 0.6 is 23.4 Å². The Bertz CT molecular complexity index is 456. The topological polar surface area (TPSA) is 9.23 Å². The zero-order valence-electron chi connectivity index (χ0n) is 10.0. The van der Waals surface area contributed by atoms with Gasteiger partial charge in [0.2, 0.25) is 0 Å². The van der Waals surface area contributed by atoms with Gasteiger partial charge in [-0.1, -0.05) is 29.8 Å². The van der Waals surface area contributed by atoms with Crippen LogP contribution < -0.4 is 4.74 Å². The van der Waals surface area contributed by atoms with E-state index in [2.05, 4.69) is 24.3 Å². The molecule has 0 atom stereocenters. The van der Waals surface area contributed by atoms with Crippen LogP contribution in [-0.2, 0) is 0 Å². The second-order valence-corrected chi connectivity index (χ2v) is 5.42. The molecule has 0 aliphatic heterocycles. The van der Waals surface area contributed by atoms with Crippen LogP contribution in [0.25, 0.3) is 0 Å². The Morgan fingerprint density at radius 1 is 0.944 bits per heavy atom. The maximum atomic E-state index is 5.80. The second kappa shape index (κ2) is 7.34. The van der Waals surface area contributed by atoms with Crippen molar-refractivity contribution in [2.75, 3.05) is 12.4 Å². The van der Waals surface area contributed by atoms with Crippen molar-refractivity contribution < 1.29 is 4.74 Å². The lowest BCUT2D eigenvalue weighted by atomic mass is 10.3. The molecule has 0 saturated carbocycles. The van der Waals surface area contributed by atoms with E-state index in [1.54, 1.807) is 0 Å². The van der Waals surface area contributed by atoms with Gasteiger partial charge in [0.15, 0.2) is 0 Å². The summed E-state index contributed by atoms with van der Waals surface area (Å²) in [5.74, 6) is 1.95. The maximum Gasteiger partial charge on any atom is 0.119 e. The molecule has 0 bridgehead atoms. The first-order chi connectivity index (χ1) is 8.84. The number of rotatable bonds is 6. The van der Waals surface area contributed by atoms with Gasteiger partial charge in [-0.25, -0.2) is 0 Å². The smallest absolute Gasteiger partial charge is 0.119 e. The van der Waals surface area contributed by atoms with Gasteiger partial charge in [0, 0.05) is 15.7 Å².